The van der Waals surface area contributed by atoms with E-state index in [-0.39, 0.29) is 11.8 Å². The average Bonchev–Trinajstić information content (AvgIpc) is 2.48. The lowest BCUT2D eigenvalue weighted by molar-refractivity contribution is -0.136. The van der Waals surface area contributed by atoms with E-state index in [1.807, 2.05) is 6.92 Å². The first-order valence-corrected chi connectivity index (χ1v) is 5.28. The summed E-state index contributed by atoms with van der Waals surface area (Å²) in [5, 5.41) is 0. The first-order valence-electron chi connectivity index (χ1n) is 4.74. The van der Waals surface area contributed by atoms with Crippen LogP contribution in [0.25, 0.3) is 0 Å². The number of amides is 2. The minimum atomic E-state index is -0.462. The number of primary amides is 1. The van der Waals surface area contributed by atoms with Crippen LogP contribution in [0.2, 0.25) is 0 Å². The summed E-state index contributed by atoms with van der Waals surface area (Å²) in [5.74, 6) is 0.173. The van der Waals surface area contributed by atoms with Gasteiger partial charge >= 0.3 is 0 Å². The second-order valence-corrected chi connectivity index (χ2v) is 3.91. The third kappa shape index (κ3) is 2.18. The summed E-state index contributed by atoms with van der Waals surface area (Å²) in [5.41, 5.74) is 5.21. The monoisotopic (exact) mass is 218 g/mol. The zero-order valence-corrected chi connectivity index (χ0v) is 8.96. The van der Waals surface area contributed by atoms with Crippen molar-refractivity contribution in [2.24, 2.45) is 11.7 Å². The molecule has 1 saturated heterocycles. The van der Waals surface area contributed by atoms with Gasteiger partial charge < -0.3 is 10.6 Å². The molecule has 80 valence electrons. The van der Waals surface area contributed by atoms with Crippen LogP contribution in [0.3, 0.4) is 0 Å². The summed E-state index contributed by atoms with van der Waals surface area (Å²) in [6, 6.07) is -0.462. The number of nitrogens with two attached hydrogens (primary N) is 1. The quantitative estimate of drug-likeness (QED) is 0.692. The molecule has 2 atom stereocenters. The molecule has 14 heavy (non-hydrogen) atoms. The molecule has 2 amide bonds. The fraction of sp³-hybridized carbons (Fsp3) is 0.778. The standard InChI is InChI=1S/C9H15ClN2O2/c1-2-7(9(11)14)12-5-6(4-10)3-8(12)13/h6-7H,2-5H2,1H3,(H2,11,14). The van der Waals surface area contributed by atoms with Crippen molar-refractivity contribution in [3.63, 3.8) is 0 Å². The van der Waals surface area contributed by atoms with E-state index < -0.39 is 11.9 Å². The Kier molecular flexibility index (Phi) is 3.75. The smallest absolute Gasteiger partial charge is 0.240 e. The van der Waals surface area contributed by atoms with E-state index in [2.05, 4.69) is 0 Å². The largest absolute Gasteiger partial charge is 0.368 e. The summed E-state index contributed by atoms with van der Waals surface area (Å²) in [4.78, 5) is 24.1. The molecule has 2 unspecified atom stereocenters. The first kappa shape index (κ1) is 11.3. The van der Waals surface area contributed by atoms with Gasteiger partial charge in [0.2, 0.25) is 11.8 Å². The van der Waals surface area contributed by atoms with Gasteiger partial charge in [-0.2, -0.15) is 0 Å². The molecule has 0 radical (unpaired) electrons. The SMILES string of the molecule is CCC(C(N)=O)N1CC(CCl)CC1=O. The maximum Gasteiger partial charge on any atom is 0.240 e. The number of halogens is 1. The number of carbonyl (C=O) groups is 2. The summed E-state index contributed by atoms with van der Waals surface area (Å²) >= 11 is 5.67. The van der Waals surface area contributed by atoms with Gasteiger partial charge in [0.05, 0.1) is 0 Å². The highest BCUT2D eigenvalue weighted by molar-refractivity contribution is 6.18. The Hall–Kier alpha value is -0.770. The Bertz CT molecular complexity index is 245. The van der Waals surface area contributed by atoms with Crippen molar-refractivity contribution in [3.8, 4) is 0 Å². The van der Waals surface area contributed by atoms with Crippen LogP contribution in [0.4, 0.5) is 0 Å². The van der Waals surface area contributed by atoms with E-state index >= 15 is 0 Å². The Morgan fingerprint density at radius 2 is 2.43 bits per heavy atom. The number of alkyl halides is 1. The van der Waals surface area contributed by atoms with Crippen molar-refractivity contribution >= 4 is 23.4 Å². The van der Waals surface area contributed by atoms with Crippen molar-refractivity contribution in [1.29, 1.82) is 0 Å². The van der Waals surface area contributed by atoms with E-state index in [1.165, 1.54) is 0 Å². The van der Waals surface area contributed by atoms with Crippen molar-refractivity contribution in [3.05, 3.63) is 0 Å². The molecule has 4 nitrogen and oxygen atoms in total. The van der Waals surface area contributed by atoms with E-state index in [4.69, 9.17) is 17.3 Å². The average molecular weight is 219 g/mol. The number of nitrogens with zero attached hydrogens (tertiary/aromatic N) is 1. The lowest BCUT2D eigenvalue weighted by Crippen LogP contribution is -2.45. The van der Waals surface area contributed by atoms with Gasteiger partial charge in [0, 0.05) is 18.8 Å². The normalized spacial score (nSPS) is 24.0. The van der Waals surface area contributed by atoms with E-state index in [0.29, 0.717) is 25.3 Å². The molecule has 1 fully saturated rings. The van der Waals surface area contributed by atoms with Crippen molar-refractivity contribution in [2.75, 3.05) is 12.4 Å². The van der Waals surface area contributed by atoms with Crippen LogP contribution < -0.4 is 5.73 Å². The van der Waals surface area contributed by atoms with E-state index in [1.54, 1.807) is 4.90 Å². The lowest BCUT2D eigenvalue weighted by atomic mass is 10.1. The number of hydrogen-bond donors (Lipinski definition) is 1. The number of carbonyl (C=O) groups excluding carboxylic acids is 2. The molecule has 1 heterocycles. The second-order valence-electron chi connectivity index (χ2n) is 3.60. The van der Waals surface area contributed by atoms with Gasteiger partial charge in [0.15, 0.2) is 0 Å². The van der Waals surface area contributed by atoms with Crippen molar-refractivity contribution < 1.29 is 9.59 Å². The Morgan fingerprint density at radius 1 is 1.79 bits per heavy atom. The van der Waals surface area contributed by atoms with Gasteiger partial charge in [-0.3, -0.25) is 9.59 Å². The molecule has 1 rings (SSSR count). The van der Waals surface area contributed by atoms with Crippen LogP contribution in [0.1, 0.15) is 19.8 Å². The number of hydrogen-bond acceptors (Lipinski definition) is 2. The maximum absolute atomic E-state index is 11.5. The summed E-state index contributed by atoms with van der Waals surface area (Å²) in [7, 11) is 0. The molecule has 5 heteroatoms. The molecule has 2 N–H and O–H groups in total. The van der Waals surface area contributed by atoms with Gasteiger partial charge in [-0.25, -0.2) is 0 Å². The topological polar surface area (TPSA) is 63.4 Å². The predicted molar refractivity (Wildman–Crippen MR) is 53.8 cm³/mol. The highest BCUT2D eigenvalue weighted by Crippen LogP contribution is 2.22. The molecule has 1 aliphatic heterocycles. The minimum Gasteiger partial charge on any atom is -0.368 e. The molecule has 0 spiro atoms. The van der Waals surface area contributed by atoms with Gasteiger partial charge in [-0.15, -0.1) is 11.6 Å². The molecule has 0 saturated carbocycles. The summed E-state index contributed by atoms with van der Waals surface area (Å²) in [6.07, 6.45) is 1.00. The zero-order chi connectivity index (χ0) is 10.7. The van der Waals surface area contributed by atoms with Gasteiger partial charge in [0.1, 0.15) is 6.04 Å². The fourth-order valence-electron chi connectivity index (χ4n) is 1.79. The Morgan fingerprint density at radius 3 is 2.79 bits per heavy atom. The molecular weight excluding hydrogens is 204 g/mol. The van der Waals surface area contributed by atoms with Crippen molar-refractivity contribution in [1.82, 2.24) is 4.90 Å². The second kappa shape index (κ2) is 4.64. The Balaban J connectivity index is 2.68. The van der Waals surface area contributed by atoms with Gasteiger partial charge in [-0.05, 0) is 12.3 Å². The van der Waals surface area contributed by atoms with Crippen LogP contribution >= 0.6 is 11.6 Å². The van der Waals surface area contributed by atoms with Crippen LogP contribution in [0, 0.1) is 5.92 Å². The fourth-order valence-corrected chi connectivity index (χ4v) is 2.00. The molecule has 0 bridgehead atoms. The van der Waals surface area contributed by atoms with Crippen molar-refractivity contribution in [2.45, 2.75) is 25.8 Å². The molecule has 0 aromatic rings. The molecule has 0 aromatic carbocycles. The first-order chi connectivity index (χ1) is 6.60. The van der Waals surface area contributed by atoms with E-state index in [0.717, 1.165) is 0 Å². The van der Waals surface area contributed by atoms with Gasteiger partial charge in [-0.1, -0.05) is 6.92 Å². The summed E-state index contributed by atoms with van der Waals surface area (Å²) < 4.78 is 0. The number of rotatable bonds is 4. The molecule has 0 aromatic heterocycles. The summed E-state index contributed by atoms with van der Waals surface area (Å²) in [6.45, 7) is 2.40. The number of likely N-dealkylation sites (tertiary alicyclic amines) is 1. The third-order valence-electron chi connectivity index (χ3n) is 2.55. The highest BCUT2D eigenvalue weighted by Gasteiger charge is 2.35. The van der Waals surface area contributed by atoms with Crippen LogP contribution in [-0.4, -0.2) is 35.2 Å². The lowest BCUT2D eigenvalue weighted by Gasteiger charge is -2.24. The van der Waals surface area contributed by atoms with Crippen LogP contribution in [0.5, 0.6) is 0 Å². The van der Waals surface area contributed by atoms with Crippen LogP contribution in [0.15, 0.2) is 0 Å². The molecule has 0 aliphatic carbocycles. The van der Waals surface area contributed by atoms with E-state index in [9.17, 15) is 9.59 Å². The molecular formula is C9H15ClN2O2. The maximum atomic E-state index is 11.5. The predicted octanol–water partition coefficient (Wildman–Crippen LogP) is 0.338. The minimum absolute atomic E-state index is 0.0127. The third-order valence-corrected chi connectivity index (χ3v) is 2.98. The molecule has 1 aliphatic rings. The Labute approximate surface area is 88.4 Å². The zero-order valence-electron chi connectivity index (χ0n) is 8.20. The van der Waals surface area contributed by atoms with Gasteiger partial charge in [0.25, 0.3) is 0 Å². The van der Waals surface area contributed by atoms with Crippen LogP contribution in [-0.2, 0) is 9.59 Å². The highest BCUT2D eigenvalue weighted by atomic mass is 35.5.